The molecule has 1 fully saturated rings. The highest BCUT2D eigenvalue weighted by atomic mass is 16.7. The highest BCUT2D eigenvalue weighted by molar-refractivity contribution is 6.04. The molecule has 0 radical (unpaired) electrons. The summed E-state index contributed by atoms with van der Waals surface area (Å²) in [6.45, 7) is 8.26. The Morgan fingerprint density at radius 3 is 2.33 bits per heavy atom. The van der Waals surface area contributed by atoms with Crippen molar-refractivity contribution in [3.05, 3.63) is 83.6 Å². The lowest BCUT2D eigenvalue weighted by Gasteiger charge is -2.36. The smallest absolute Gasteiger partial charge is 0.187 e. The number of allylic oxidation sites excluding steroid dienone is 1. The first-order valence-corrected chi connectivity index (χ1v) is 10.7. The van der Waals surface area contributed by atoms with E-state index >= 15 is 0 Å². The fourth-order valence-electron chi connectivity index (χ4n) is 4.06. The van der Waals surface area contributed by atoms with Gasteiger partial charge in [0.05, 0.1) is 5.71 Å². The summed E-state index contributed by atoms with van der Waals surface area (Å²) in [4.78, 5) is 20.6. The molecule has 2 aromatic rings. The molecular formula is C26H30N2O2. The molecule has 2 aliphatic rings. The summed E-state index contributed by atoms with van der Waals surface area (Å²) in [5.74, 6) is 0.0440. The van der Waals surface area contributed by atoms with Crippen LogP contribution in [-0.2, 0) is 10.3 Å². The molecule has 4 rings (SSSR count). The summed E-state index contributed by atoms with van der Waals surface area (Å²) >= 11 is 0. The summed E-state index contributed by atoms with van der Waals surface area (Å²) in [6, 6.07) is 18.2. The Morgan fingerprint density at radius 2 is 1.70 bits per heavy atom. The maximum Gasteiger partial charge on any atom is 0.187 e. The summed E-state index contributed by atoms with van der Waals surface area (Å²) in [6.07, 6.45) is 6.29. The van der Waals surface area contributed by atoms with Crippen LogP contribution >= 0.6 is 0 Å². The van der Waals surface area contributed by atoms with Crippen LogP contribution in [0.25, 0.3) is 0 Å². The largest absolute Gasteiger partial charge is 0.388 e. The Kier molecular flexibility index (Phi) is 5.50. The number of likely N-dealkylation sites (tertiary alicyclic amines) is 1. The Labute approximate surface area is 179 Å². The number of benzene rings is 2. The van der Waals surface area contributed by atoms with Gasteiger partial charge in [-0.05, 0) is 16.5 Å². The molecule has 156 valence electrons. The van der Waals surface area contributed by atoms with Gasteiger partial charge in [0, 0.05) is 50.2 Å². The van der Waals surface area contributed by atoms with Crippen molar-refractivity contribution < 1.29 is 9.63 Å². The monoisotopic (exact) mass is 402 g/mol. The number of carbonyl (C=O) groups is 1. The van der Waals surface area contributed by atoms with E-state index in [-0.39, 0.29) is 16.8 Å². The van der Waals surface area contributed by atoms with Crippen molar-refractivity contribution in [2.24, 2.45) is 5.16 Å². The van der Waals surface area contributed by atoms with Gasteiger partial charge in [0.1, 0.15) is 5.60 Å². The third-order valence-electron chi connectivity index (χ3n) is 6.13. The van der Waals surface area contributed by atoms with Gasteiger partial charge in [-0.25, -0.2) is 0 Å². The van der Waals surface area contributed by atoms with Gasteiger partial charge in [-0.15, -0.1) is 0 Å². The van der Waals surface area contributed by atoms with E-state index in [1.165, 1.54) is 5.56 Å². The van der Waals surface area contributed by atoms with Crippen LogP contribution in [0.15, 0.2) is 72.0 Å². The van der Waals surface area contributed by atoms with Crippen LogP contribution in [-0.4, -0.2) is 35.1 Å². The number of hydrogen-bond donors (Lipinski definition) is 0. The van der Waals surface area contributed by atoms with E-state index in [0.29, 0.717) is 0 Å². The normalized spacial score (nSPS) is 18.5. The number of carbonyl (C=O) groups excluding carboxylic acids is 1. The maximum atomic E-state index is 12.5. The van der Waals surface area contributed by atoms with Gasteiger partial charge in [0.15, 0.2) is 5.78 Å². The number of oxime groups is 1. The molecule has 4 nitrogen and oxygen atoms in total. The van der Waals surface area contributed by atoms with Gasteiger partial charge >= 0.3 is 0 Å². The zero-order valence-electron chi connectivity index (χ0n) is 18.1. The Morgan fingerprint density at radius 1 is 1.03 bits per heavy atom. The lowest BCUT2D eigenvalue weighted by Crippen LogP contribution is -2.42. The van der Waals surface area contributed by atoms with Crippen molar-refractivity contribution in [1.29, 1.82) is 0 Å². The molecule has 30 heavy (non-hydrogen) atoms. The predicted octanol–water partition coefficient (Wildman–Crippen LogP) is 5.34. The van der Waals surface area contributed by atoms with Crippen molar-refractivity contribution in [1.82, 2.24) is 4.90 Å². The van der Waals surface area contributed by atoms with Crippen LogP contribution < -0.4 is 0 Å². The van der Waals surface area contributed by atoms with Gasteiger partial charge in [-0.3, -0.25) is 4.79 Å². The summed E-state index contributed by atoms with van der Waals surface area (Å²) < 4.78 is 0. The predicted molar refractivity (Wildman–Crippen MR) is 121 cm³/mol. The number of piperidine rings is 1. The summed E-state index contributed by atoms with van der Waals surface area (Å²) in [5, 5.41) is 4.37. The molecule has 0 amide bonds. The van der Waals surface area contributed by atoms with Crippen LogP contribution in [0.4, 0.5) is 0 Å². The average molecular weight is 403 g/mol. The minimum absolute atomic E-state index is 0.0440. The van der Waals surface area contributed by atoms with Crippen LogP contribution in [0.1, 0.15) is 61.5 Å². The molecular weight excluding hydrogens is 372 g/mol. The molecule has 0 aromatic heterocycles. The first-order valence-electron chi connectivity index (χ1n) is 10.7. The van der Waals surface area contributed by atoms with Gasteiger partial charge in [0.25, 0.3) is 0 Å². The molecule has 0 N–H and O–H groups in total. The third kappa shape index (κ3) is 4.48. The van der Waals surface area contributed by atoms with E-state index in [0.717, 1.165) is 49.2 Å². The second-order valence-corrected chi connectivity index (χ2v) is 9.40. The lowest BCUT2D eigenvalue weighted by atomic mass is 9.85. The number of ketones is 1. The van der Waals surface area contributed by atoms with Gasteiger partial charge in [0.2, 0.25) is 0 Å². The molecule has 4 heteroatoms. The standard InChI is InChI=1S/C26H30N2O2/c1-25(2,3)22-11-9-21(10-12-22)24(29)13-16-28-17-14-26(15-18-28)19-23(27-30-26)20-7-5-4-6-8-20/h4-13,16H,14-15,17-19H2,1-3H3. The molecule has 1 saturated heterocycles. The van der Waals surface area contributed by atoms with Crippen LogP contribution in [0.5, 0.6) is 0 Å². The van der Waals surface area contributed by atoms with Crippen molar-refractivity contribution in [3.8, 4) is 0 Å². The molecule has 0 aliphatic carbocycles. The van der Waals surface area contributed by atoms with Gasteiger partial charge in [-0.1, -0.05) is 80.5 Å². The fourth-order valence-corrected chi connectivity index (χ4v) is 4.06. The first kappa shape index (κ1) is 20.4. The molecule has 0 saturated carbocycles. The number of nitrogens with zero attached hydrogens (tertiary/aromatic N) is 2. The second-order valence-electron chi connectivity index (χ2n) is 9.40. The van der Waals surface area contributed by atoms with E-state index in [2.05, 4.69) is 43.0 Å². The van der Waals surface area contributed by atoms with Crippen molar-refractivity contribution in [3.63, 3.8) is 0 Å². The Balaban J connectivity index is 1.31. The quantitative estimate of drug-likeness (QED) is 0.512. The molecule has 2 aliphatic heterocycles. The van der Waals surface area contributed by atoms with E-state index in [1.807, 2.05) is 48.7 Å². The minimum atomic E-state index is -0.192. The van der Waals surface area contributed by atoms with Crippen molar-refractivity contribution in [2.45, 2.75) is 51.0 Å². The topological polar surface area (TPSA) is 41.9 Å². The van der Waals surface area contributed by atoms with Crippen LogP contribution in [0.2, 0.25) is 0 Å². The molecule has 2 heterocycles. The zero-order valence-corrected chi connectivity index (χ0v) is 18.1. The fraction of sp³-hybridized carbons (Fsp3) is 0.385. The zero-order chi connectivity index (χ0) is 21.2. The molecule has 0 atom stereocenters. The van der Waals surface area contributed by atoms with E-state index in [1.54, 1.807) is 6.08 Å². The van der Waals surface area contributed by atoms with Crippen LogP contribution in [0, 0.1) is 0 Å². The Bertz CT molecular complexity index is 945. The summed E-state index contributed by atoms with van der Waals surface area (Å²) in [7, 11) is 0. The number of rotatable bonds is 4. The van der Waals surface area contributed by atoms with E-state index in [9.17, 15) is 4.79 Å². The van der Waals surface area contributed by atoms with Crippen LogP contribution in [0.3, 0.4) is 0 Å². The van der Waals surface area contributed by atoms with Crippen molar-refractivity contribution in [2.75, 3.05) is 13.1 Å². The highest BCUT2D eigenvalue weighted by Crippen LogP contribution is 2.36. The second kappa shape index (κ2) is 8.10. The van der Waals surface area contributed by atoms with E-state index in [4.69, 9.17) is 4.84 Å². The average Bonchev–Trinajstić information content (AvgIpc) is 3.17. The number of hydrogen-bond acceptors (Lipinski definition) is 4. The third-order valence-corrected chi connectivity index (χ3v) is 6.13. The molecule has 2 aromatic carbocycles. The molecule has 1 spiro atoms. The highest BCUT2D eigenvalue weighted by Gasteiger charge is 2.41. The summed E-state index contributed by atoms with van der Waals surface area (Å²) in [5.41, 5.74) is 4.04. The van der Waals surface area contributed by atoms with Gasteiger partial charge in [-0.2, -0.15) is 0 Å². The van der Waals surface area contributed by atoms with E-state index < -0.39 is 0 Å². The van der Waals surface area contributed by atoms with Crippen molar-refractivity contribution >= 4 is 11.5 Å². The lowest BCUT2D eigenvalue weighted by molar-refractivity contribution is -0.0550. The maximum absolute atomic E-state index is 12.5. The first-order chi connectivity index (χ1) is 14.3. The van der Waals surface area contributed by atoms with Gasteiger partial charge < -0.3 is 9.74 Å². The molecule has 0 bridgehead atoms. The SMILES string of the molecule is CC(C)(C)c1ccc(C(=O)C=CN2CCC3(CC2)CC(c2ccccc2)=NO3)cc1. The Hall–Kier alpha value is -2.88. The molecule has 0 unspecified atom stereocenters. The minimum Gasteiger partial charge on any atom is -0.388 e.